The van der Waals surface area contributed by atoms with Crippen molar-refractivity contribution in [1.29, 1.82) is 0 Å². The maximum Gasteiger partial charge on any atom is 0.269 e. The lowest BCUT2D eigenvalue weighted by atomic mass is 9.93. The fourth-order valence-corrected chi connectivity index (χ4v) is 3.28. The molecule has 2 atom stereocenters. The number of H-pyrrole nitrogens is 1. The summed E-state index contributed by atoms with van der Waals surface area (Å²) in [4.78, 5) is 14.2. The lowest BCUT2D eigenvalue weighted by Crippen LogP contribution is -2.32. The molecule has 1 fully saturated rings. The Morgan fingerprint density at radius 1 is 1.52 bits per heavy atom. The van der Waals surface area contributed by atoms with Gasteiger partial charge in [-0.3, -0.25) is 14.8 Å². The van der Waals surface area contributed by atoms with E-state index < -0.39 is 5.82 Å². The second kappa shape index (κ2) is 6.68. The predicted octanol–water partition coefficient (Wildman–Crippen LogP) is 2.63. The topological polar surface area (TPSA) is 61.0 Å². The Bertz CT molecular complexity index is 691. The second-order valence-electron chi connectivity index (χ2n) is 5.83. The van der Waals surface area contributed by atoms with E-state index in [1.807, 2.05) is 13.1 Å². The molecule has 2 heterocycles. The Morgan fingerprint density at radius 3 is 3.04 bits per heavy atom. The zero-order valence-corrected chi connectivity index (χ0v) is 13.5. The first-order chi connectivity index (χ1) is 11.1. The van der Waals surface area contributed by atoms with Crippen LogP contribution in [0, 0.1) is 11.7 Å². The van der Waals surface area contributed by atoms with Gasteiger partial charge in [-0.2, -0.15) is 5.10 Å². The molecule has 2 aromatic rings. The van der Waals surface area contributed by atoms with E-state index in [1.54, 1.807) is 12.1 Å². The molecule has 0 radical (unpaired) electrons. The predicted molar refractivity (Wildman–Crippen MR) is 85.8 cm³/mol. The third-order valence-electron chi connectivity index (χ3n) is 4.33. The van der Waals surface area contributed by atoms with Gasteiger partial charge in [-0.15, -0.1) is 0 Å². The van der Waals surface area contributed by atoms with E-state index >= 15 is 0 Å². The molecule has 23 heavy (non-hydrogen) atoms. The molecule has 5 nitrogen and oxygen atoms in total. The number of amides is 1. The smallest absolute Gasteiger partial charge is 0.269 e. The first kappa shape index (κ1) is 16.0. The van der Waals surface area contributed by atoms with Gasteiger partial charge in [0.15, 0.2) is 0 Å². The van der Waals surface area contributed by atoms with Crippen molar-refractivity contribution in [2.75, 3.05) is 20.1 Å². The summed E-state index contributed by atoms with van der Waals surface area (Å²) in [6, 6.07) is 6.60. The minimum atomic E-state index is -0.412. The number of rotatable bonds is 4. The highest BCUT2D eigenvalue weighted by Gasteiger charge is 2.33. The standard InChI is InChI=1S/C16H18ClFN4O/c1-22-7-5-11(9-19-16(23)14-4-6-20-21-14)15(22)10-2-3-12(17)13(18)8-10/h2-4,6,8,11,15H,5,7,9H2,1H3,(H,19,23)(H,20,21)/t11-,15-/m0/s1. The molecule has 0 spiro atoms. The van der Waals surface area contributed by atoms with Gasteiger partial charge in [0.2, 0.25) is 0 Å². The minimum Gasteiger partial charge on any atom is -0.350 e. The van der Waals surface area contributed by atoms with Crippen LogP contribution in [0.25, 0.3) is 0 Å². The van der Waals surface area contributed by atoms with Gasteiger partial charge in [0.1, 0.15) is 11.5 Å². The van der Waals surface area contributed by atoms with Crippen LogP contribution in [0.5, 0.6) is 0 Å². The van der Waals surface area contributed by atoms with Crippen molar-refractivity contribution in [3.63, 3.8) is 0 Å². The van der Waals surface area contributed by atoms with Crippen molar-refractivity contribution in [2.24, 2.45) is 5.92 Å². The van der Waals surface area contributed by atoms with Crippen LogP contribution >= 0.6 is 11.6 Å². The molecule has 0 aliphatic carbocycles. The molecule has 0 bridgehead atoms. The highest BCUT2D eigenvalue weighted by atomic mass is 35.5. The fraction of sp³-hybridized carbons (Fsp3) is 0.375. The molecule has 3 rings (SSSR count). The number of carbonyl (C=O) groups excluding carboxylic acids is 1. The number of hydrogen-bond acceptors (Lipinski definition) is 3. The quantitative estimate of drug-likeness (QED) is 0.902. The van der Waals surface area contributed by atoms with Crippen molar-refractivity contribution < 1.29 is 9.18 Å². The van der Waals surface area contributed by atoms with E-state index in [2.05, 4.69) is 20.4 Å². The molecule has 1 aromatic heterocycles. The van der Waals surface area contributed by atoms with Gasteiger partial charge >= 0.3 is 0 Å². The van der Waals surface area contributed by atoms with Crippen LogP contribution in [0.3, 0.4) is 0 Å². The Morgan fingerprint density at radius 2 is 2.35 bits per heavy atom. The summed E-state index contributed by atoms with van der Waals surface area (Å²) in [6.07, 6.45) is 2.48. The number of carbonyl (C=O) groups is 1. The lowest BCUT2D eigenvalue weighted by Gasteiger charge is -2.26. The minimum absolute atomic E-state index is 0.0591. The molecular formula is C16H18ClFN4O. The van der Waals surface area contributed by atoms with Crippen molar-refractivity contribution in [2.45, 2.75) is 12.5 Å². The molecule has 1 saturated heterocycles. The van der Waals surface area contributed by atoms with Gasteiger partial charge in [-0.05, 0) is 49.7 Å². The SMILES string of the molecule is CN1CC[C@@H](CNC(=O)c2ccn[nH]2)[C@@H]1c1ccc(Cl)c(F)c1. The van der Waals surface area contributed by atoms with E-state index in [9.17, 15) is 9.18 Å². The van der Waals surface area contributed by atoms with E-state index in [4.69, 9.17) is 11.6 Å². The number of aromatic nitrogens is 2. The van der Waals surface area contributed by atoms with Crippen LogP contribution in [0.2, 0.25) is 5.02 Å². The summed E-state index contributed by atoms with van der Waals surface area (Å²) in [6.45, 7) is 1.43. The molecule has 0 unspecified atom stereocenters. The molecular weight excluding hydrogens is 319 g/mol. The number of nitrogens with zero attached hydrogens (tertiary/aromatic N) is 2. The van der Waals surface area contributed by atoms with E-state index in [0.717, 1.165) is 18.5 Å². The first-order valence-corrected chi connectivity index (χ1v) is 7.87. The average Bonchev–Trinajstić information content (AvgIpc) is 3.18. The number of nitrogens with one attached hydrogen (secondary N) is 2. The lowest BCUT2D eigenvalue weighted by molar-refractivity contribution is 0.0938. The fourth-order valence-electron chi connectivity index (χ4n) is 3.16. The van der Waals surface area contributed by atoms with Crippen molar-refractivity contribution in [1.82, 2.24) is 20.4 Å². The van der Waals surface area contributed by atoms with Crippen LogP contribution in [0.4, 0.5) is 4.39 Å². The number of halogens is 2. The van der Waals surface area contributed by atoms with Gasteiger partial charge in [-0.1, -0.05) is 17.7 Å². The van der Waals surface area contributed by atoms with Gasteiger partial charge in [0.25, 0.3) is 5.91 Å². The van der Waals surface area contributed by atoms with E-state index in [0.29, 0.717) is 12.2 Å². The summed E-state index contributed by atoms with van der Waals surface area (Å²) in [5, 5.41) is 9.45. The molecule has 7 heteroatoms. The zero-order chi connectivity index (χ0) is 16.4. The highest BCUT2D eigenvalue weighted by molar-refractivity contribution is 6.30. The molecule has 1 aromatic carbocycles. The van der Waals surface area contributed by atoms with Gasteiger partial charge in [0, 0.05) is 18.8 Å². The van der Waals surface area contributed by atoms with Gasteiger partial charge in [-0.25, -0.2) is 4.39 Å². The summed E-state index contributed by atoms with van der Waals surface area (Å²) in [7, 11) is 2.01. The number of likely N-dealkylation sites (tertiary alicyclic amines) is 1. The van der Waals surface area contributed by atoms with Crippen molar-refractivity contribution >= 4 is 17.5 Å². The molecule has 1 amide bonds. The summed E-state index contributed by atoms with van der Waals surface area (Å²) >= 11 is 5.76. The monoisotopic (exact) mass is 336 g/mol. The summed E-state index contributed by atoms with van der Waals surface area (Å²) < 4.78 is 13.8. The van der Waals surface area contributed by atoms with E-state index in [-0.39, 0.29) is 22.9 Å². The maximum atomic E-state index is 13.8. The largest absolute Gasteiger partial charge is 0.350 e. The van der Waals surface area contributed by atoms with Crippen LogP contribution in [0.15, 0.2) is 30.5 Å². The Kier molecular flexibility index (Phi) is 4.63. The number of aromatic amines is 1. The number of hydrogen-bond donors (Lipinski definition) is 2. The van der Waals surface area contributed by atoms with Crippen molar-refractivity contribution in [3.8, 4) is 0 Å². The summed E-state index contributed by atoms with van der Waals surface area (Å²) in [5.41, 5.74) is 1.32. The zero-order valence-electron chi connectivity index (χ0n) is 12.7. The van der Waals surface area contributed by atoms with Gasteiger partial charge < -0.3 is 5.32 Å². The van der Waals surface area contributed by atoms with Crippen molar-refractivity contribution in [3.05, 3.63) is 52.6 Å². The van der Waals surface area contributed by atoms with Crippen LogP contribution < -0.4 is 5.32 Å². The molecule has 1 aliphatic heterocycles. The van der Waals surface area contributed by atoms with Crippen LogP contribution in [-0.4, -0.2) is 41.1 Å². The molecule has 122 valence electrons. The third-order valence-corrected chi connectivity index (χ3v) is 4.64. The normalized spacial score (nSPS) is 21.5. The number of benzene rings is 1. The molecule has 1 aliphatic rings. The van der Waals surface area contributed by atoms with Gasteiger partial charge in [0.05, 0.1) is 5.02 Å². The van der Waals surface area contributed by atoms with E-state index in [1.165, 1.54) is 12.3 Å². The Hall–Kier alpha value is -1.92. The highest BCUT2D eigenvalue weighted by Crippen LogP contribution is 2.36. The average molecular weight is 337 g/mol. The van der Waals surface area contributed by atoms with Crippen LogP contribution in [0.1, 0.15) is 28.5 Å². The Balaban J connectivity index is 1.71. The maximum absolute atomic E-state index is 13.8. The first-order valence-electron chi connectivity index (χ1n) is 7.49. The molecule has 2 N–H and O–H groups in total. The second-order valence-corrected chi connectivity index (χ2v) is 6.24. The molecule has 0 saturated carbocycles. The Labute approximate surface area is 138 Å². The summed E-state index contributed by atoms with van der Waals surface area (Å²) in [5.74, 6) is -0.379. The third kappa shape index (κ3) is 3.38. The van der Waals surface area contributed by atoms with Crippen LogP contribution in [-0.2, 0) is 0 Å².